The molecular weight excluding hydrogens is 256 g/mol. The van der Waals surface area contributed by atoms with Crippen molar-refractivity contribution < 1.29 is 14.7 Å². The summed E-state index contributed by atoms with van der Waals surface area (Å²) >= 11 is 0. The number of nitrogens with zero attached hydrogens (tertiary/aromatic N) is 1. The van der Waals surface area contributed by atoms with Crippen molar-refractivity contribution >= 4 is 11.9 Å². The van der Waals surface area contributed by atoms with E-state index in [1.165, 1.54) is 4.90 Å². The van der Waals surface area contributed by atoms with Crippen molar-refractivity contribution in [1.82, 2.24) is 10.2 Å². The summed E-state index contributed by atoms with van der Waals surface area (Å²) in [6.07, 6.45) is 2.16. The first-order valence-electron chi connectivity index (χ1n) is 6.92. The molecule has 0 spiro atoms. The number of hydrogen-bond donors (Lipinski definition) is 2. The van der Waals surface area contributed by atoms with E-state index in [2.05, 4.69) is 5.32 Å². The second kappa shape index (κ2) is 6.05. The topological polar surface area (TPSA) is 69.6 Å². The van der Waals surface area contributed by atoms with Crippen LogP contribution >= 0.6 is 0 Å². The van der Waals surface area contributed by atoms with Gasteiger partial charge in [-0.25, -0.2) is 4.79 Å². The zero-order chi connectivity index (χ0) is 14.6. The number of amides is 3. The van der Waals surface area contributed by atoms with E-state index in [9.17, 15) is 14.7 Å². The molecule has 1 aliphatic heterocycles. The van der Waals surface area contributed by atoms with Crippen LogP contribution in [0.1, 0.15) is 31.7 Å². The molecule has 5 heteroatoms. The lowest BCUT2D eigenvalue weighted by atomic mass is 9.93. The summed E-state index contributed by atoms with van der Waals surface area (Å²) in [5.74, 6) is -0.331. The van der Waals surface area contributed by atoms with Crippen molar-refractivity contribution in [2.75, 3.05) is 6.61 Å². The zero-order valence-electron chi connectivity index (χ0n) is 11.6. The number of aliphatic hydroxyl groups excluding tert-OH is 1. The van der Waals surface area contributed by atoms with Crippen molar-refractivity contribution in [3.05, 3.63) is 35.9 Å². The van der Waals surface area contributed by atoms with Crippen LogP contribution in [-0.2, 0) is 11.3 Å². The summed E-state index contributed by atoms with van der Waals surface area (Å²) in [5.41, 5.74) is -0.248. The molecule has 2 rings (SSSR count). The first kappa shape index (κ1) is 14.5. The van der Waals surface area contributed by atoms with Crippen LogP contribution in [0, 0.1) is 0 Å². The zero-order valence-corrected chi connectivity index (χ0v) is 11.6. The fourth-order valence-electron chi connectivity index (χ4n) is 2.42. The van der Waals surface area contributed by atoms with Gasteiger partial charge in [-0.05, 0) is 12.0 Å². The number of benzene rings is 1. The highest BCUT2D eigenvalue weighted by atomic mass is 16.3. The van der Waals surface area contributed by atoms with Crippen LogP contribution < -0.4 is 5.32 Å². The molecule has 1 fully saturated rings. The molecule has 1 atom stereocenters. The molecule has 3 amide bonds. The summed E-state index contributed by atoms with van der Waals surface area (Å²) < 4.78 is 0. The van der Waals surface area contributed by atoms with Crippen LogP contribution in [-0.4, -0.2) is 34.1 Å². The van der Waals surface area contributed by atoms with E-state index in [4.69, 9.17) is 0 Å². The second-order valence-electron chi connectivity index (χ2n) is 5.15. The Morgan fingerprint density at radius 2 is 1.95 bits per heavy atom. The fraction of sp³-hybridized carbons (Fsp3) is 0.467. The number of nitrogens with one attached hydrogen (secondary N) is 1. The van der Waals surface area contributed by atoms with Gasteiger partial charge in [-0.15, -0.1) is 0 Å². The van der Waals surface area contributed by atoms with E-state index in [0.29, 0.717) is 6.42 Å². The summed E-state index contributed by atoms with van der Waals surface area (Å²) in [4.78, 5) is 25.7. The molecular formula is C15H20N2O3. The predicted octanol–water partition coefficient (Wildman–Crippen LogP) is 1.66. The van der Waals surface area contributed by atoms with Crippen LogP contribution in [0.3, 0.4) is 0 Å². The smallest absolute Gasteiger partial charge is 0.325 e. The van der Waals surface area contributed by atoms with E-state index in [0.717, 1.165) is 18.4 Å². The van der Waals surface area contributed by atoms with Crippen molar-refractivity contribution in [1.29, 1.82) is 0 Å². The lowest BCUT2D eigenvalue weighted by molar-refractivity contribution is -0.133. The van der Waals surface area contributed by atoms with E-state index < -0.39 is 11.6 Å². The number of unbranched alkanes of at least 4 members (excludes halogenated alkanes) is 1. The first-order valence-corrected chi connectivity index (χ1v) is 6.92. The highest BCUT2D eigenvalue weighted by Gasteiger charge is 2.50. The minimum absolute atomic E-state index is 0.235. The molecule has 0 saturated carbocycles. The second-order valence-corrected chi connectivity index (χ2v) is 5.15. The Labute approximate surface area is 118 Å². The summed E-state index contributed by atoms with van der Waals surface area (Å²) in [6.45, 7) is 1.89. The summed E-state index contributed by atoms with van der Waals surface area (Å²) in [5, 5.41) is 12.2. The van der Waals surface area contributed by atoms with Gasteiger partial charge in [0.15, 0.2) is 0 Å². The summed E-state index contributed by atoms with van der Waals surface area (Å²) in [7, 11) is 0. The normalized spacial score (nSPS) is 22.2. The third-order valence-electron chi connectivity index (χ3n) is 3.66. The van der Waals surface area contributed by atoms with Crippen LogP contribution in [0.5, 0.6) is 0 Å². The van der Waals surface area contributed by atoms with E-state index >= 15 is 0 Å². The van der Waals surface area contributed by atoms with Gasteiger partial charge in [0, 0.05) is 0 Å². The van der Waals surface area contributed by atoms with Gasteiger partial charge in [-0.1, -0.05) is 50.1 Å². The van der Waals surface area contributed by atoms with Gasteiger partial charge in [-0.2, -0.15) is 0 Å². The van der Waals surface area contributed by atoms with Crippen molar-refractivity contribution in [3.8, 4) is 0 Å². The van der Waals surface area contributed by atoms with Crippen LogP contribution in [0.15, 0.2) is 30.3 Å². The van der Waals surface area contributed by atoms with E-state index in [1.54, 1.807) is 0 Å². The molecule has 0 unspecified atom stereocenters. The molecule has 108 valence electrons. The SMILES string of the molecule is CCCC[C@@]1(CO)NC(=O)N(Cc2ccccc2)C1=O. The van der Waals surface area contributed by atoms with Gasteiger partial charge in [0.2, 0.25) is 0 Å². The number of rotatable bonds is 6. The Balaban J connectivity index is 2.15. The number of aliphatic hydroxyl groups is 1. The Hall–Kier alpha value is -1.88. The largest absolute Gasteiger partial charge is 0.393 e. The monoisotopic (exact) mass is 276 g/mol. The fourth-order valence-corrected chi connectivity index (χ4v) is 2.42. The van der Waals surface area contributed by atoms with Crippen LogP contribution in [0.4, 0.5) is 4.79 Å². The van der Waals surface area contributed by atoms with Gasteiger partial charge >= 0.3 is 6.03 Å². The third kappa shape index (κ3) is 2.67. The first-order chi connectivity index (χ1) is 9.63. The lowest BCUT2D eigenvalue weighted by Gasteiger charge is -2.24. The number of carbonyl (C=O) groups excluding carboxylic acids is 2. The molecule has 0 aliphatic carbocycles. The third-order valence-corrected chi connectivity index (χ3v) is 3.66. The van der Waals surface area contributed by atoms with Crippen molar-refractivity contribution in [2.45, 2.75) is 38.3 Å². The average Bonchev–Trinajstić information content (AvgIpc) is 2.71. The Morgan fingerprint density at radius 3 is 2.55 bits per heavy atom. The maximum atomic E-state index is 12.5. The number of hydrogen-bond acceptors (Lipinski definition) is 3. The molecule has 0 bridgehead atoms. The minimum atomic E-state index is -1.14. The Morgan fingerprint density at radius 1 is 1.25 bits per heavy atom. The molecule has 0 radical (unpaired) electrons. The molecule has 0 aromatic heterocycles. The molecule has 1 aromatic carbocycles. The minimum Gasteiger partial charge on any atom is -0.393 e. The summed E-state index contributed by atoms with van der Waals surface area (Å²) in [6, 6.07) is 8.92. The maximum absolute atomic E-state index is 12.5. The van der Waals surface area contributed by atoms with Gasteiger partial charge in [0.1, 0.15) is 5.54 Å². The van der Waals surface area contributed by atoms with E-state index in [-0.39, 0.29) is 19.1 Å². The predicted molar refractivity (Wildman–Crippen MR) is 74.9 cm³/mol. The molecule has 2 N–H and O–H groups in total. The number of imide groups is 1. The maximum Gasteiger partial charge on any atom is 0.325 e. The Kier molecular flexibility index (Phi) is 4.39. The highest BCUT2D eigenvalue weighted by Crippen LogP contribution is 2.25. The van der Waals surface area contributed by atoms with Gasteiger partial charge in [0.25, 0.3) is 5.91 Å². The molecule has 20 heavy (non-hydrogen) atoms. The van der Waals surface area contributed by atoms with Crippen LogP contribution in [0.25, 0.3) is 0 Å². The van der Waals surface area contributed by atoms with Crippen molar-refractivity contribution in [3.63, 3.8) is 0 Å². The van der Waals surface area contributed by atoms with Crippen molar-refractivity contribution in [2.24, 2.45) is 0 Å². The molecule has 1 saturated heterocycles. The standard InChI is InChI=1S/C15H20N2O3/c1-2-3-9-15(11-18)13(19)17(14(20)16-15)10-12-7-5-4-6-8-12/h4-8,18H,2-3,9-11H2,1H3,(H,16,20)/t15-/m0/s1. The Bertz CT molecular complexity index is 489. The van der Waals surface area contributed by atoms with Gasteiger partial charge in [-0.3, -0.25) is 9.69 Å². The quantitative estimate of drug-likeness (QED) is 0.776. The average molecular weight is 276 g/mol. The number of urea groups is 1. The molecule has 5 nitrogen and oxygen atoms in total. The lowest BCUT2D eigenvalue weighted by Crippen LogP contribution is -2.50. The van der Waals surface area contributed by atoms with Gasteiger partial charge < -0.3 is 10.4 Å². The number of carbonyl (C=O) groups is 2. The molecule has 1 heterocycles. The van der Waals surface area contributed by atoms with Gasteiger partial charge in [0.05, 0.1) is 13.2 Å². The molecule has 1 aromatic rings. The van der Waals surface area contributed by atoms with E-state index in [1.807, 2.05) is 37.3 Å². The van der Waals surface area contributed by atoms with Crippen LogP contribution in [0.2, 0.25) is 0 Å². The highest BCUT2D eigenvalue weighted by molar-refractivity contribution is 6.07. The molecule has 1 aliphatic rings.